The molecule has 2 rings (SSSR count). The first-order valence-electron chi connectivity index (χ1n) is 7.67. The Kier molecular flexibility index (Phi) is 6.42. The van der Waals surface area contributed by atoms with Gasteiger partial charge >= 0.3 is 0 Å². The fourth-order valence-corrected chi connectivity index (χ4v) is 2.09. The Morgan fingerprint density at radius 3 is 3.05 bits per heavy atom. The third-order valence-electron chi connectivity index (χ3n) is 3.54. The van der Waals surface area contributed by atoms with E-state index in [1.54, 1.807) is 0 Å². The van der Waals surface area contributed by atoms with Crippen LogP contribution in [0.4, 0.5) is 0 Å². The standard InChI is InChI=1S/C14H27N5O/c1-3-6-15-11-13-12-19(17-16-13)8-10-20-9-7-18(2)14-4-5-14/h12,14-15H,3-11H2,1-2H3. The zero-order valence-corrected chi connectivity index (χ0v) is 12.7. The summed E-state index contributed by atoms with van der Waals surface area (Å²) >= 11 is 0. The van der Waals surface area contributed by atoms with Gasteiger partial charge in [-0.25, -0.2) is 4.68 Å². The Morgan fingerprint density at radius 1 is 1.45 bits per heavy atom. The minimum atomic E-state index is 0.698. The van der Waals surface area contributed by atoms with E-state index < -0.39 is 0 Å². The highest BCUT2D eigenvalue weighted by Crippen LogP contribution is 2.24. The van der Waals surface area contributed by atoms with Crippen LogP contribution in [0.15, 0.2) is 6.20 Å². The summed E-state index contributed by atoms with van der Waals surface area (Å²) in [5, 5.41) is 11.6. The third-order valence-corrected chi connectivity index (χ3v) is 3.54. The molecule has 6 nitrogen and oxygen atoms in total. The average molecular weight is 281 g/mol. The van der Waals surface area contributed by atoms with Crippen molar-refractivity contribution in [2.24, 2.45) is 0 Å². The van der Waals surface area contributed by atoms with E-state index in [4.69, 9.17) is 4.74 Å². The molecule has 0 spiro atoms. The third kappa shape index (κ3) is 5.56. The molecule has 0 amide bonds. The minimum Gasteiger partial charge on any atom is -0.378 e. The van der Waals surface area contributed by atoms with Crippen LogP contribution in [0.2, 0.25) is 0 Å². The molecule has 1 saturated carbocycles. The minimum absolute atomic E-state index is 0.698. The highest BCUT2D eigenvalue weighted by molar-refractivity contribution is 4.91. The van der Waals surface area contributed by atoms with E-state index in [9.17, 15) is 0 Å². The van der Waals surface area contributed by atoms with Crippen molar-refractivity contribution in [3.05, 3.63) is 11.9 Å². The number of hydrogen-bond acceptors (Lipinski definition) is 5. The van der Waals surface area contributed by atoms with Gasteiger partial charge in [0.25, 0.3) is 0 Å². The zero-order valence-electron chi connectivity index (χ0n) is 12.7. The van der Waals surface area contributed by atoms with Gasteiger partial charge in [0.2, 0.25) is 0 Å². The second kappa shape index (κ2) is 8.34. The number of likely N-dealkylation sites (N-methyl/N-ethyl adjacent to an activating group) is 1. The first kappa shape index (κ1) is 15.4. The van der Waals surface area contributed by atoms with Gasteiger partial charge in [-0.15, -0.1) is 5.10 Å². The number of aromatic nitrogens is 3. The van der Waals surface area contributed by atoms with Crippen LogP contribution in [0.5, 0.6) is 0 Å². The smallest absolute Gasteiger partial charge is 0.0964 e. The van der Waals surface area contributed by atoms with Gasteiger partial charge in [-0.3, -0.25) is 0 Å². The van der Waals surface area contributed by atoms with Crippen LogP contribution < -0.4 is 5.32 Å². The second-order valence-electron chi connectivity index (χ2n) is 5.47. The monoisotopic (exact) mass is 281 g/mol. The van der Waals surface area contributed by atoms with Crippen LogP contribution in [0, 0.1) is 0 Å². The van der Waals surface area contributed by atoms with Gasteiger partial charge < -0.3 is 15.0 Å². The van der Waals surface area contributed by atoms with Gasteiger partial charge in [0.05, 0.1) is 25.5 Å². The number of hydrogen-bond donors (Lipinski definition) is 1. The van der Waals surface area contributed by atoms with Crippen LogP contribution in [-0.2, 0) is 17.8 Å². The highest BCUT2D eigenvalue weighted by atomic mass is 16.5. The van der Waals surface area contributed by atoms with E-state index in [-0.39, 0.29) is 0 Å². The van der Waals surface area contributed by atoms with Crippen LogP contribution in [-0.4, -0.2) is 59.3 Å². The van der Waals surface area contributed by atoms with Gasteiger partial charge in [-0.2, -0.15) is 0 Å². The van der Waals surface area contributed by atoms with Crippen molar-refractivity contribution in [3.63, 3.8) is 0 Å². The number of rotatable bonds is 11. The molecule has 1 aromatic heterocycles. The molecule has 1 aliphatic carbocycles. The van der Waals surface area contributed by atoms with Crippen molar-refractivity contribution in [1.82, 2.24) is 25.2 Å². The van der Waals surface area contributed by atoms with Crippen LogP contribution in [0.3, 0.4) is 0 Å². The molecular formula is C14H27N5O. The summed E-state index contributed by atoms with van der Waals surface area (Å²) in [4.78, 5) is 2.38. The molecule has 1 fully saturated rings. The lowest BCUT2D eigenvalue weighted by atomic mass is 10.4. The summed E-state index contributed by atoms with van der Waals surface area (Å²) in [6, 6.07) is 0.812. The molecule has 20 heavy (non-hydrogen) atoms. The van der Waals surface area contributed by atoms with E-state index in [0.29, 0.717) is 6.61 Å². The summed E-state index contributed by atoms with van der Waals surface area (Å²) in [5.74, 6) is 0. The van der Waals surface area contributed by atoms with Crippen LogP contribution in [0.1, 0.15) is 31.9 Å². The van der Waals surface area contributed by atoms with Gasteiger partial charge in [0.15, 0.2) is 0 Å². The number of ether oxygens (including phenoxy) is 1. The van der Waals surface area contributed by atoms with Crippen molar-refractivity contribution in [3.8, 4) is 0 Å². The predicted molar refractivity (Wildman–Crippen MR) is 78.5 cm³/mol. The topological polar surface area (TPSA) is 55.2 Å². The van der Waals surface area contributed by atoms with Crippen molar-refractivity contribution in [1.29, 1.82) is 0 Å². The maximum atomic E-state index is 5.65. The molecule has 1 heterocycles. The largest absolute Gasteiger partial charge is 0.378 e. The lowest BCUT2D eigenvalue weighted by Gasteiger charge is -2.15. The maximum absolute atomic E-state index is 5.65. The predicted octanol–water partition coefficient (Wildman–Crippen LogP) is 0.889. The summed E-state index contributed by atoms with van der Waals surface area (Å²) in [6.45, 7) is 7.26. The van der Waals surface area contributed by atoms with E-state index in [2.05, 4.69) is 34.5 Å². The first-order valence-corrected chi connectivity index (χ1v) is 7.67. The molecule has 0 saturated heterocycles. The van der Waals surface area contributed by atoms with Crippen molar-refractivity contribution < 1.29 is 4.74 Å². The van der Waals surface area contributed by atoms with Gasteiger partial charge in [0.1, 0.15) is 0 Å². The average Bonchev–Trinajstić information content (AvgIpc) is 3.20. The highest BCUT2D eigenvalue weighted by Gasteiger charge is 2.25. The van der Waals surface area contributed by atoms with Gasteiger partial charge in [0, 0.05) is 25.3 Å². The summed E-state index contributed by atoms with van der Waals surface area (Å²) in [7, 11) is 2.17. The van der Waals surface area contributed by atoms with Crippen molar-refractivity contribution in [2.75, 3.05) is 33.4 Å². The molecule has 0 aliphatic heterocycles. The molecular weight excluding hydrogens is 254 g/mol. The fourth-order valence-electron chi connectivity index (χ4n) is 2.09. The Bertz CT molecular complexity index is 377. The Balaban J connectivity index is 1.52. The molecule has 0 radical (unpaired) electrons. The van der Waals surface area contributed by atoms with E-state index >= 15 is 0 Å². The second-order valence-corrected chi connectivity index (χ2v) is 5.47. The molecule has 0 bridgehead atoms. The SMILES string of the molecule is CCCNCc1cn(CCOCCN(C)C2CC2)nn1. The molecule has 114 valence electrons. The van der Waals surface area contributed by atoms with Crippen molar-refractivity contribution in [2.45, 2.75) is 45.3 Å². The summed E-state index contributed by atoms with van der Waals surface area (Å²) < 4.78 is 7.50. The number of nitrogens with zero attached hydrogens (tertiary/aromatic N) is 4. The molecule has 0 unspecified atom stereocenters. The first-order chi connectivity index (χ1) is 9.79. The molecule has 6 heteroatoms. The summed E-state index contributed by atoms with van der Waals surface area (Å²) in [5.41, 5.74) is 0.993. The van der Waals surface area contributed by atoms with Crippen LogP contribution in [0.25, 0.3) is 0 Å². The Labute approximate surface area is 121 Å². The fraction of sp³-hybridized carbons (Fsp3) is 0.857. The summed E-state index contributed by atoms with van der Waals surface area (Å²) in [6.07, 6.45) is 5.83. The zero-order chi connectivity index (χ0) is 14.2. The molecule has 1 aromatic rings. The normalized spacial score (nSPS) is 15.2. The van der Waals surface area contributed by atoms with Gasteiger partial charge in [-0.05, 0) is 32.9 Å². The van der Waals surface area contributed by atoms with Crippen molar-refractivity contribution >= 4 is 0 Å². The van der Waals surface area contributed by atoms with Crippen LogP contribution >= 0.6 is 0 Å². The Hall–Kier alpha value is -0.980. The van der Waals surface area contributed by atoms with E-state index in [1.807, 2.05) is 10.9 Å². The lowest BCUT2D eigenvalue weighted by Crippen LogP contribution is -2.25. The quantitative estimate of drug-likeness (QED) is 0.611. The van der Waals surface area contributed by atoms with E-state index in [1.165, 1.54) is 12.8 Å². The molecule has 0 aromatic carbocycles. The molecule has 1 aliphatic rings. The maximum Gasteiger partial charge on any atom is 0.0964 e. The van der Waals surface area contributed by atoms with E-state index in [0.717, 1.165) is 50.9 Å². The van der Waals surface area contributed by atoms with Gasteiger partial charge in [-0.1, -0.05) is 12.1 Å². The molecule has 0 atom stereocenters. The lowest BCUT2D eigenvalue weighted by molar-refractivity contribution is 0.101. The molecule has 1 N–H and O–H groups in total. The number of nitrogens with one attached hydrogen (secondary N) is 1. The Morgan fingerprint density at radius 2 is 2.30 bits per heavy atom.